The van der Waals surface area contributed by atoms with E-state index in [0.717, 1.165) is 41.4 Å². The van der Waals surface area contributed by atoms with Gasteiger partial charge in [-0.3, -0.25) is 0 Å². The Morgan fingerprint density at radius 1 is 1.35 bits per heavy atom. The van der Waals surface area contributed by atoms with Gasteiger partial charge in [0, 0.05) is 18.7 Å². The van der Waals surface area contributed by atoms with Crippen LogP contribution in [0.15, 0.2) is 22.7 Å². The lowest BCUT2D eigenvalue weighted by Crippen LogP contribution is -2.02. The molecule has 0 amide bonds. The van der Waals surface area contributed by atoms with Crippen LogP contribution >= 0.6 is 0 Å². The molecule has 0 aliphatic carbocycles. The first-order chi connectivity index (χ1) is 8.29. The number of benzene rings is 1. The molecule has 0 saturated heterocycles. The quantitative estimate of drug-likeness (QED) is 0.859. The molecule has 0 saturated carbocycles. The minimum atomic E-state index is 0.785. The fourth-order valence-corrected chi connectivity index (χ4v) is 2.17. The van der Waals surface area contributed by atoms with Gasteiger partial charge in [-0.05, 0) is 24.6 Å². The summed E-state index contributed by atoms with van der Waals surface area (Å²) in [5, 5.41) is 7.34. The average Bonchev–Trinajstić information content (AvgIpc) is 2.91. The molecule has 1 N–H and O–H groups in total. The zero-order valence-electron chi connectivity index (χ0n) is 9.91. The van der Waals surface area contributed by atoms with Gasteiger partial charge in [-0.2, -0.15) is 0 Å². The van der Waals surface area contributed by atoms with E-state index >= 15 is 0 Å². The van der Waals surface area contributed by atoms with Gasteiger partial charge in [0.15, 0.2) is 5.76 Å². The minimum Gasteiger partial charge on any atom is -0.496 e. The molecular weight excluding hydrogens is 216 g/mol. The molecule has 2 heterocycles. The van der Waals surface area contributed by atoms with Crippen molar-refractivity contribution in [2.24, 2.45) is 0 Å². The van der Waals surface area contributed by atoms with E-state index in [1.165, 1.54) is 5.56 Å². The number of methoxy groups -OCH3 is 1. The smallest absolute Gasteiger partial charge is 0.175 e. The highest BCUT2D eigenvalue weighted by molar-refractivity contribution is 5.70. The maximum Gasteiger partial charge on any atom is 0.175 e. The fraction of sp³-hybridized carbons (Fsp3) is 0.308. The summed E-state index contributed by atoms with van der Waals surface area (Å²) in [6.07, 6.45) is 0. The van der Waals surface area contributed by atoms with Crippen molar-refractivity contribution < 1.29 is 9.26 Å². The molecule has 1 aromatic carbocycles. The van der Waals surface area contributed by atoms with Crippen molar-refractivity contribution in [2.75, 3.05) is 7.11 Å². The molecule has 4 heteroatoms. The van der Waals surface area contributed by atoms with Crippen molar-refractivity contribution in [2.45, 2.75) is 20.0 Å². The van der Waals surface area contributed by atoms with Crippen LogP contribution in [0, 0.1) is 6.92 Å². The predicted octanol–water partition coefficient (Wildman–Crippen LogP) is 2.26. The summed E-state index contributed by atoms with van der Waals surface area (Å²) in [7, 11) is 1.67. The molecule has 17 heavy (non-hydrogen) atoms. The number of rotatable bonds is 2. The van der Waals surface area contributed by atoms with Crippen LogP contribution in [0.3, 0.4) is 0 Å². The van der Waals surface area contributed by atoms with Gasteiger partial charge >= 0.3 is 0 Å². The van der Waals surface area contributed by atoms with E-state index in [-0.39, 0.29) is 0 Å². The molecule has 1 aromatic heterocycles. The molecule has 3 rings (SSSR count). The van der Waals surface area contributed by atoms with Crippen LogP contribution < -0.4 is 10.1 Å². The topological polar surface area (TPSA) is 47.3 Å². The molecule has 0 fully saturated rings. The molecule has 0 atom stereocenters. The summed E-state index contributed by atoms with van der Waals surface area (Å²) < 4.78 is 10.8. The number of nitrogens with one attached hydrogen (secondary N) is 1. The van der Waals surface area contributed by atoms with Crippen LogP contribution in [0.25, 0.3) is 11.3 Å². The van der Waals surface area contributed by atoms with Gasteiger partial charge in [-0.15, -0.1) is 0 Å². The molecule has 4 nitrogen and oxygen atoms in total. The molecule has 0 radical (unpaired) electrons. The third-order valence-corrected chi connectivity index (χ3v) is 3.07. The summed E-state index contributed by atoms with van der Waals surface area (Å²) in [5.74, 6) is 1.65. The normalized spacial score (nSPS) is 13.8. The Hall–Kier alpha value is -1.81. The Balaban J connectivity index is 2.15. The first-order valence-corrected chi connectivity index (χ1v) is 5.62. The van der Waals surface area contributed by atoms with Crippen molar-refractivity contribution in [1.82, 2.24) is 10.5 Å². The predicted molar refractivity (Wildman–Crippen MR) is 63.8 cm³/mol. The third kappa shape index (κ3) is 1.61. The van der Waals surface area contributed by atoms with Gasteiger partial charge in [-0.25, -0.2) is 0 Å². The van der Waals surface area contributed by atoms with Crippen molar-refractivity contribution in [3.63, 3.8) is 0 Å². The number of aromatic nitrogens is 1. The van der Waals surface area contributed by atoms with E-state index in [9.17, 15) is 0 Å². The van der Waals surface area contributed by atoms with E-state index in [4.69, 9.17) is 9.26 Å². The summed E-state index contributed by atoms with van der Waals surface area (Å²) in [6, 6.07) is 6.08. The van der Waals surface area contributed by atoms with Crippen molar-refractivity contribution in [1.29, 1.82) is 0 Å². The van der Waals surface area contributed by atoms with Crippen LogP contribution in [0.4, 0.5) is 0 Å². The summed E-state index contributed by atoms with van der Waals surface area (Å²) in [4.78, 5) is 0. The maximum absolute atomic E-state index is 5.44. The lowest BCUT2D eigenvalue weighted by molar-refractivity contribution is 0.400. The van der Waals surface area contributed by atoms with Gasteiger partial charge in [0.2, 0.25) is 0 Å². The molecule has 88 valence electrons. The minimum absolute atomic E-state index is 0.785. The number of nitrogens with zero attached hydrogens (tertiary/aromatic N) is 1. The fourth-order valence-electron chi connectivity index (χ4n) is 2.17. The molecule has 1 aliphatic rings. The Morgan fingerprint density at radius 2 is 2.24 bits per heavy atom. The van der Waals surface area contributed by atoms with Crippen molar-refractivity contribution in [3.8, 4) is 17.1 Å². The summed E-state index contributed by atoms with van der Waals surface area (Å²) >= 11 is 0. The van der Waals surface area contributed by atoms with E-state index in [0.29, 0.717) is 0 Å². The van der Waals surface area contributed by atoms with Crippen molar-refractivity contribution >= 4 is 0 Å². The first kappa shape index (κ1) is 10.4. The Kier molecular flexibility index (Phi) is 2.37. The summed E-state index contributed by atoms with van der Waals surface area (Å²) in [6.45, 7) is 3.64. The highest BCUT2D eigenvalue weighted by Crippen LogP contribution is 2.35. The number of hydrogen-bond donors (Lipinski definition) is 1. The molecular formula is C13H14N2O2. The Morgan fingerprint density at radius 3 is 3.06 bits per heavy atom. The van der Waals surface area contributed by atoms with Crippen LogP contribution in [0.2, 0.25) is 0 Å². The highest BCUT2D eigenvalue weighted by atomic mass is 16.5. The van der Waals surface area contributed by atoms with Gasteiger partial charge in [0.25, 0.3) is 0 Å². The maximum atomic E-state index is 5.44. The van der Waals surface area contributed by atoms with E-state index in [1.54, 1.807) is 7.11 Å². The average molecular weight is 230 g/mol. The largest absolute Gasteiger partial charge is 0.496 e. The number of aryl methyl sites for hydroxylation is 1. The van der Waals surface area contributed by atoms with Crippen LogP contribution in [-0.4, -0.2) is 12.3 Å². The number of fused-ring (bicyclic) bond motifs is 1. The lowest BCUT2D eigenvalue weighted by atomic mass is 10.1. The second-order valence-electron chi connectivity index (χ2n) is 4.24. The van der Waals surface area contributed by atoms with Gasteiger partial charge in [0.1, 0.15) is 11.4 Å². The number of ether oxygens (including phenoxy) is 1. The van der Waals surface area contributed by atoms with Crippen LogP contribution in [0.1, 0.15) is 16.8 Å². The van der Waals surface area contributed by atoms with Gasteiger partial charge in [-0.1, -0.05) is 11.2 Å². The SMILES string of the molecule is COc1cc(C)ccc1-c1onc2c1CNC2. The zero-order chi connectivity index (χ0) is 11.8. The molecule has 0 spiro atoms. The van der Waals surface area contributed by atoms with E-state index < -0.39 is 0 Å². The molecule has 2 aromatic rings. The number of hydrogen-bond acceptors (Lipinski definition) is 4. The zero-order valence-corrected chi connectivity index (χ0v) is 9.91. The Bertz CT molecular complexity index is 561. The Labute approximate surface area is 99.6 Å². The second kappa shape index (κ2) is 3.89. The van der Waals surface area contributed by atoms with E-state index in [1.807, 2.05) is 19.1 Å². The van der Waals surface area contributed by atoms with E-state index in [2.05, 4.69) is 16.5 Å². The standard InChI is InChI=1S/C13H14N2O2/c1-8-3-4-9(12(5-8)16-2)13-10-6-14-7-11(10)15-17-13/h3-5,14H,6-7H2,1-2H3. The second-order valence-corrected chi connectivity index (χ2v) is 4.24. The van der Waals surface area contributed by atoms with Crippen molar-refractivity contribution in [3.05, 3.63) is 35.0 Å². The van der Waals surface area contributed by atoms with Crippen LogP contribution in [0.5, 0.6) is 5.75 Å². The van der Waals surface area contributed by atoms with Gasteiger partial charge in [0.05, 0.1) is 12.7 Å². The molecule has 1 aliphatic heterocycles. The highest BCUT2D eigenvalue weighted by Gasteiger charge is 2.23. The molecule has 0 unspecified atom stereocenters. The van der Waals surface area contributed by atoms with Gasteiger partial charge < -0.3 is 14.6 Å². The first-order valence-electron chi connectivity index (χ1n) is 5.62. The van der Waals surface area contributed by atoms with Crippen LogP contribution in [-0.2, 0) is 13.1 Å². The molecule has 0 bridgehead atoms. The lowest BCUT2D eigenvalue weighted by Gasteiger charge is -2.07. The summed E-state index contributed by atoms with van der Waals surface area (Å²) in [5.41, 5.74) is 4.28. The third-order valence-electron chi connectivity index (χ3n) is 3.07. The monoisotopic (exact) mass is 230 g/mol.